The first kappa shape index (κ1) is 11.6. The van der Waals surface area contributed by atoms with E-state index < -0.39 is 0 Å². The minimum atomic E-state index is 0.354. The molecule has 0 aliphatic heterocycles. The van der Waals surface area contributed by atoms with Gasteiger partial charge in [0.25, 0.3) is 0 Å². The van der Waals surface area contributed by atoms with Gasteiger partial charge in [0, 0.05) is 28.4 Å². The molecule has 2 rings (SSSR count). The molecule has 86 valence electrons. The fourth-order valence-corrected chi connectivity index (χ4v) is 1.50. The molecule has 0 unspecified atom stereocenters. The molecular formula is C13H10ClNO2. The molecule has 0 amide bonds. The zero-order valence-corrected chi connectivity index (χ0v) is 9.72. The van der Waals surface area contributed by atoms with Crippen LogP contribution in [0.4, 0.5) is 0 Å². The smallest absolute Gasteiger partial charge is 0.213 e. The van der Waals surface area contributed by atoms with Crippen molar-refractivity contribution in [1.29, 1.82) is 0 Å². The van der Waals surface area contributed by atoms with Crippen LogP contribution in [0, 0.1) is 0 Å². The standard InChI is InChI=1S/C13H10ClNO2/c14-12-4-2-1-3-11(12)9-17-13-6-5-10(8-16)7-15-13/h1-8H,9H2. The van der Waals surface area contributed by atoms with E-state index in [-0.39, 0.29) is 0 Å². The summed E-state index contributed by atoms with van der Waals surface area (Å²) in [7, 11) is 0. The number of ether oxygens (including phenoxy) is 1. The van der Waals surface area contributed by atoms with Gasteiger partial charge in [0.05, 0.1) is 0 Å². The molecule has 0 N–H and O–H groups in total. The Labute approximate surface area is 104 Å². The van der Waals surface area contributed by atoms with E-state index in [0.29, 0.717) is 23.1 Å². The van der Waals surface area contributed by atoms with Gasteiger partial charge in [-0.05, 0) is 12.1 Å². The summed E-state index contributed by atoms with van der Waals surface area (Å²) < 4.78 is 5.46. The summed E-state index contributed by atoms with van der Waals surface area (Å²) in [5, 5.41) is 0.664. The molecule has 1 heterocycles. The number of pyridine rings is 1. The maximum absolute atomic E-state index is 10.4. The summed E-state index contributed by atoms with van der Waals surface area (Å²) in [5.74, 6) is 0.468. The van der Waals surface area contributed by atoms with Gasteiger partial charge < -0.3 is 4.74 Å². The molecule has 2 aromatic rings. The lowest BCUT2D eigenvalue weighted by molar-refractivity contribution is 0.112. The van der Waals surface area contributed by atoms with Crippen LogP contribution in [0.15, 0.2) is 42.6 Å². The van der Waals surface area contributed by atoms with Gasteiger partial charge in [-0.25, -0.2) is 4.98 Å². The molecule has 4 heteroatoms. The first-order valence-electron chi connectivity index (χ1n) is 5.07. The highest BCUT2D eigenvalue weighted by molar-refractivity contribution is 6.31. The lowest BCUT2D eigenvalue weighted by atomic mass is 10.2. The van der Waals surface area contributed by atoms with Crippen molar-refractivity contribution < 1.29 is 9.53 Å². The predicted octanol–water partition coefficient (Wildman–Crippen LogP) is 3.13. The topological polar surface area (TPSA) is 39.2 Å². The van der Waals surface area contributed by atoms with E-state index in [2.05, 4.69) is 4.98 Å². The second kappa shape index (κ2) is 5.46. The molecule has 0 saturated carbocycles. The second-order valence-corrected chi connectivity index (χ2v) is 3.83. The van der Waals surface area contributed by atoms with Crippen LogP contribution in [-0.4, -0.2) is 11.3 Å². The summed E-state index contributed by atoms with van der Waals surface area (Å²) in [6, 6.07) is 10.8. The lowest BCUT2D eigenvalue weighted by Crippen LogP contribution is -1.98. The van der Waals surface area contributed by atoms with E-state index in [0.717, 1.165) is 11.8 Å². The van der Waals surface area contributed by atoms with Crippen molar-refractivity contribution in [2.24, 2.45) is 0 Å². The van der Waals surface area contributed by atoms with E-state index >= 15 is 0 Å². The summed E-state index contributed by atoms with van der Waals surface area (Å²) in [4.78, 5) is 14.4. The number of hydrogen-bond donors (Lipinski definition) is 0. The fourth-order valence-electron chi connectivity index (χ4n) is 1.31. The van der Waals surface area contributed by atoms with Gasteiger partial charge in [0.15, 0.2) is 6.29 Å². The third-order valence-electron chi connectivity index (χ3n) is 2.23. The van der Waals surface area contributed by atoms with Crippen LogP contribution < -0.4 is 4.74 Å². The molecule has 0 aliphatic carbocycles. The average Bonchev–Trinajstić information content (AvgIpc) is 2.38. The Hall–Kier alpha value is -1.87. The highest BCUT2D eigenvalue weighted by Crippen LogP contribution is 2.17. The molecule has 0 atom stereocenters. The van der Waals surface area contributed by atoms with E-state index in [1.54, 1.807) is 12.1 Å². The number of nitrogens with zero attached hydrogens (tertiary/aromatic N) is 1. The molecule has 0 radical (unpaired) electrons. The predicted molar refractivity (Wildman–Crippen MR) is 65.4 cm³/mol. The SMILES string of the molecule is O=Cc1ccc(OCc2ccccc2Cl)nc1. The fraction of sp³-hybridized carbons (Fsp3) is 0.0769. The van der Waals surface area contributed by atoms with Crippen LogP contribution >= 0.6 is 11.6 Å². The van der Waals surface area contributed by atoms with Crippen molar-refractivity contribution in [3.63, 3.8) is 0 Å². The summed E-state index contributed by atoms with van der Waals surface area (Å²) in [6.45, 7) is 0.354. The van der Waals surface area contributed by atoms with Crippen LogP contribution in [0.1, 0.15) is 15.9 Å². The van der Waals surface area contributed by atoms with Crippen LogP contribution in [0.5, 0.6) is 5.88 Å². The van der Waals surface area contributed by atoms with Crippen LogP contribution in [0.2, 0.25) is 5.02 Å². The summed E-state index contributed by atoms with van der Waals surface area (Å²) in [5.41, 5.74) is 1.42. The number of carbonyl (C=O) groups excluding carboxylic acids is 1. The molecule has 0 fully saturated rings. The van der Waals surface area contributed by atoms with Crippen molar-refractivity contribution in [2.45, 2.75) is 6.61 Å². The number of benzene rings is 1. The number of aldehydes is 1. The van der Waals surface area contributed by atoms with E-state index in [4.69, 9.17) is 16.3 Å². The minimum absolute atomic E-state index is 0.354. The molecule has 0 aliphatic rings. The third-order valence-corrected chi connectivity index (χ3v) is 2.60. The number of carbonyl (C=O) groups is 1. The molecule has 17 heavy (non-hydrogen) atoms. The molecular weight excluding hydrogens is 238 g/mol. The van der Waals surface area contributed by atoms with Crippen LogP contribution in [0.3, 0.4) is 0 Å². The van der Waals surface area contributed by atoms with Gasteiger partial charge in [-0.3, -0.25) is 4.79 Å². The van der Waals surface area contributed by atoms with E-state index in [1.165, 1.54) is 6.20 Å². The van der Waals surface area contributed by atoms with Gasteiger partial charge in [-0.2, -0.15) is 0 Å². The van der Waals surface area contributed by atoms with Crippen molar-refractivity contribution in [2.75, 3.05) is 0 Å². The maximum atomic E-state index is 10.4. The Morgan fingerprint density at radius 2 is 2.06 bits per heavy atom. The van der Waals surface area contributed by atoms with Crippen LogP contribution in [-0.2, 0) is 6.61 Å². The molecule has 0 spiro atoms. The second-order valence-electron chi connectivity index (χ2n) is 3.43. The molecule has 0 bridgehead atoms. The van der Waals surface area contributed by atoms with E-state index in [1.807, 2.05) is 24.3 Å². The maximum Gasteiger partial charge on any atom is 0.213 e. The largest absolute Gasteiger partial charge is 0.473 e. The zero-order chi connectivity index (χ0) is 12.1. The molecule has 0 saturated heterocycles. The summed E-state index contributed by atoms with van der Waals surface area (Å²) >= 11 is 5.99. The summed E-state index contributed by atoms with van der Waals surface area (Å²) in [6.07, 6.45) is 2.21. The van der Waals surface area contributed by atoms with Crippen molar-refractivity contribution >= 4 is 17.9 Å². The van der Waals surface area contributed by atoms with Gasteiger partial charge in [0.2, 0.25) is 5.88 Å². The number of halogens is 1. The Morgan fingerprint density at radius 3 is 2.71 bits per heavy atom. The van der Waals surface area contributed by atoms with E-state index in [9.17, 15) is 4.79 Å². The van der Waals surface area contributed by atoms with Gasteiger partial charge in [-0.15, -0.1) is 0 Å². The Morgan fingerprint density at radius 1 is 1.24 bits per heavy atom. The zero-order valence-electron chi connectivity index (χ0n) is 8.97. The first-order chi connectivity index (χ1) is 8.29. The van der Waals surface area contributed by atoms with Crippen molar-refractivity contribution in [1.82, 2.24) is 4.98 Å². The monoisotopic (exact) mass is 247 g/mol. The van der Waals surface area contributed by atoms with Crippen LogP contribution in [0.25, 0.3) is 0 Å². The van der Waals surface area contributed by atoms with Gasteiger partial charge in [0.1, 0.15) is 6.61 Å². The third kappa shape index (κ3) is 3.04. The quantitative estimate of drug-likeness (QED) is 0.780. The minimum Gasteiger partial charge on any atom is -0.473 e. The Bertz CT molecular complexity index is 511. The van der Waals surface area contributed by atoms with Crippen molar-refractivity contribution in [3.8, 4) is 5.88 Å². The normalized spacial score (nSPS) is 9.94. The molecule has 1 aromatic carbocycles. The Balaban J connectivity index is 2.02. The molecule has 1 aromatic heterocycles. The van der Waals surface area contributed by atoms with Gasteiger partial charge >= 0.3 is 0 Å². The first-order valence-corrected chi connectivity index (χ1v) is 5.45. The number of aromatic nitrogens is 1. The highest BCUT2D eigenvalue weighted by Gasteiger charge is 2.01. The number of rotatable bonds is 4. The van der Waals surface area contributed by atoms with Crippen molar-refractivity contribution in [3.05, 3.63) is 58.7 Å². The van der Waals surface area contributed by atoms with Gasteiger partial charge in [-0.1, -0.05) is 29.8 Å². The lowest BCUT2D eigenvalue weighted by Gasteiger charge is -2.06. The average molecular weight is 248 g/mol. The number of hydrogen-bond acceptors (Lipinski definition) is 3. The highest BCUT2D eigenvalue weighted by atomic mass is 35.5. The Kier molecular flexibility index (Phi) is 3.73. The molecule has 3 nitrogen and oxygen atoms in total.